The van der Waals surface area contributed by atoms with Gasteiger partial charge in [0.25, 0.3) is 0 Å². The molecule has 0 N–H and O–H groups in total. The van der Waals surface area contributed by atoms with Crippen LogP contribution in [0.4, 0.5) is 0 Å². The molecule has 0 unspecified atom stereocenters. The number of likely N-dealkylation sites (tertiary alicyclic amines) is 1. The molecule has 1 saturated heterocycles. The van der Waals surface area contributed by atoms with Crippen LogP contribution in [0, 0.1) is 13.8 Å². The molecule has 1 aliphatic rings. The van der Waals surface area contributed by atoms with E-state index in [1.165, 1.54) is 0 Å². The van der Waals surface area contributed by atoms with E-state index in [0.717, 1.165) is 17.5 Å². The summed E-state index contributed by atoms with van der Waals surface area (Å²) >= 11 is 0. The SMILES string of the molecule is Cc1ccc(C)c(C(=O)c2ccccc2C(=O)OCCN2CCCC2=O)c1. The number of carbonyl (C=O) groups excluding carboxylic acids is 3. The van der Waals surface area contributed by atoms with E-state index in [0.29, 0.717) is 30.6 Å². The number of benzene rings is 2. The fourth-order valence-corrected chi connectivity index (χ4v) is 3.25. The monoisotopic (exact) mass is 365 g/mol. The van der Waals surface area contributed by atoms with Crippen LogP contribution in [-0.2, 0) is 9.53 Å². The molecule has 1 amide bonds. The predicted octanol–water partition coefficient (Wildman–Crippen LogP) is 3.31. The molecule has 2 aromatic rings. The van der Waals surface area contributed by atoms with Crippen LogP contribution in [0.2, 0.25) is 0 Å². The summed E-state index contributed by atoms with van der Waals surface area (Å²) in [5.74, 6) is -0.647. The van der Waals surface area contributed by atoms with E-state index < -0.39 is 5.97 Å². The van der Waals surface area contributed by atoms with Crippen molar-refractivity contribution in [3.8, 4) is 0 Å². The minimum absolute atomic E-state index is 0.0940. The molecule has 5 heteroatoms. The lowest BCUT2D eigenvalue weighted by atomic mass is 9.94. The molecular weight excluding hydrogens is 342 g/mol. The normalized spacial score (nSPS) is 13.7. The highest BCUT2D eigenvalue weighted by molar-refractivity contribution is 6.15. The Morgan fingerprint density at radius 2 is 1.78 bits per heavy atom. The molecule has 0 radical (unpaired) electrons. The number of esters is 1. The van der Waals surface area contributed by atoms with E-state index >= 15 is 0 Å². The summed E-state index contributed by atoms with van der Waals surface area (Å²) in [4.78, 5) is 38.9. The van der Waals surface area contributed by atoms with Gasteiger partial charge in [-0.1, -0.05) is 35.9 Å². The standard InChI is InChI=1S/C22H23NO4/c1-15-9-10-16(2)19(14-15)21(25)17-6-3-4-7-18(17)22(26)27-13-12-23-11-5-8-20(23)24/h3-4,6-7,9-10,14H,5,8,11-13H2,1-2H3. The first-order valence-corrected chi connectivity index (χ1v) is 9.13. The highest BCUT2D eigenvalue weighted by atomic mass is 16.5. The molecule has 27 heavy (non-hydrogen) atoms. The zero-order valence-electron chi connectivity index (χ0n) is 15.7. The van der Waals surface area contributed by atoms with Gasteiger partial charge in [-0.05, 0) is 38.0 Å². The van der Waals surface area contributed by atoms with Crippen molar-refractivity contribution < 1.29 is 19.1 Å². The molecule has 140 valence electrons. The molecule has 1 fully saturated rings. The van der Waals surface area contributed by atoms with E-state index in [2.05, 4.69) is 0 Å². The number of aryl methyl sites for hydroxylation is 2. The molecule has 0 aliphatic carbocycles. The first kappa shape index (κ1) is 18.8. The number of amides is 1. The summed E-state index contributed by atoms with van der Waals surface area (Å²) in [6.07, 6.45) is 1.40. The Kier molecular flexibility index (Phi) is 5.69. The molecular formula is C22H23NO4. The predicted molar refractivity (Wildman–Crippen MR) is 102 cm³/mol. The zero-order valence-corrected chi connectivity index (χ0v) is 15.7. The van der Waals surface area contributed by atoms with Gasteiger partial charge in [0.1, 0.15) is 6.61 Å². The van der Waals surface area contributed by atoms with Gasteiger partial charge in [-0.2, -0.15) is 0 Å². The van der Waals surface area contributed by atoms with Crippen molar-refractivity contribution in [1.29, 1.82) is 0 Å². The lowest BCUT2D eigenvalue weighted by Gasteiger charge is -2.16. The van der Waals surface area contributed by atoms with E-state index in [-0.39, 0.29) is 23.9 Å². The lowest BCUT2D eigenvalue weighted by Crippen LogP contribution is -2.29. The molecule has 0 atom stereocenters. The number of carbonyl (C=O) groups is 3. The molecule has 0 bridgehead atoms. The number of nitrogens with zero attached hydrogens (tertiary/aromatic N) is 1. The van der Waals surface area contributed by atoms with Crippen LogP contribution in [-0.4, -0.2) is 42.3 Å². The molecule has 0 aromatic heterocycles. The van der Waals surface area contributed by atoms with Crippen LogP contribution < -0.4 is 0 Å². The molecule has 2 aromatic carbocycles. The Hall–Kier alpha value is -2.95. The molecule has 5 nitrogen and oxygen atoms in total. The van der Waals surface area contributed by atoms with Crippen LogP contribution in [0.3, 0.4) is 0 Å². The summed E-state index contributed by atoms with van der Waals surface area (Å²) < 4.78 is 5.33. The van der Waals surface area contributed by atoms with Gasteiger partial charge in [0.05, 0.1) is 12.1 Å². The molecule has 0 spiro atoms. The van der Waals surface area contributed by atoms with E-state index in [1.807, 2.05) is 32.0 Å². The first-order valence-electron chi connectivity index (χ1n) is 9.13. The number of hydrogen-bond acceptors (Lipinski definition) is 4. The average molecular weight is 365 g/mol. The maximum Gasteiger partial charge on any atom is 0.338 e. The maximum absolute atomic E-state index is 13.0. The number of hydrogen-bond donors (Lipinski definition) is 0. The summed E-state index contributed by atoms with van der Waals surface area (Å²) in [5, 5.41) is 0. The zero-order chi connectivity index (χ0) is 19.4. The van der Waals surface area contributed by atoms with Crippen molar-refractivity contribution >= 4 is 17.7 Å². The topological polar surface area (TPSA) is 63.7 Å². The Balaban J connectivity index is 1.75. The second-order valence-electron chi connectivity index (χ2n) is 6.81. The highest BCUT2D eigenvalue weighted by Crippen LogP contribution is 2.19. The van der Waals surface area contributed by atoms with E-state index in [9.17, 15) is 14.4 Å². The van der Waals surface area contributed by atoms with Gasteiger partial charge >= 0.3 is 5.97 Å². The van der Waals surface area contributed by atoms with Gasteiger partial charge < -0.3 is 9.64 Å². The fourth-order valence-electron chi connectivity index (χ4n) is 3.25. The third kappa shape index (κ3) is 4.25. The highest BCUT2D eigenvalue weighted by Gasteiger charge is 2.22. The van der Waals surface area contributed by atoms with Crippen molar-refractivity contribution in [2.75, 3.05) is 19.7 Å². The van der Waals surface area contributed by atoms with Crippen LogP contribution in [0.5, 0.6) is 0 Å². The molecule has 1 heterocycles. The third-order valence-corrected chi connectivity index (χ3v) is 4.80. The Labute approximate surface area is 158 Å². The second kappa shape index (κ2) is 8.16. The summed E-state index contributed by atoms with van der Waals surface area (Å²) in [6.45, 7) is 5.02. The van der Waals surface area contributed by atoms with Crippen LogP contribution in [0.1, 0.15) is 50.2 Å². The summed E-state index contributed by atoms with van der Waals surface area (Å²) in [7, 11) is 0. The Morgan fingerprint density at radius 1 is 1.04 bits per heavy atom. The van der Waals surface area contributed by atoms with Crippen molar-refractivity contribution in [2.24, 2.45) is 0 Å². The minimum Gasteiger partial charge on any atom is -0.460 e. The number of ketones is 1. The van der Waals surface area contributed by atoms with Gasteiger partial charge in [0.15, 0.2) is 5.78 Å². The van der Waals surface area contributed by atoms with Crippen molar-refractivity contribution in [1.82, 2.24) is 4.90 Å². The molecule has 3 rings (SSSR count). The van der Waals surface area contributed by atoms with Crippen LogP contribution in [0.25, 0.3) is 0 Å². The lowest BCUT2D eigenvalue weighted by molar-refractivity contribution is -0.128. The Morgan fingerprint density at radius 3 is 2.48 bits per heavy atom. The largest absolute Gasteiger partial charge is 0.460 e. The van der Waals surface area contributed by atoms with Crippen molar-refractivity contribution in [3.05, 3.63) is 70.3 Å². The van der Waals surface area contributed by atoms with E-state index in [1.54, 1.807) is 29.2 Å². The minimum atomic E-state index is -0.545. The third-order valence-electron chi connectivity index (χ3n) is 4.80. The van der Waals surface area contributed by atoms with Crippen LogP contribution >= 0.6 is 0 Å². The number of rotatable bonds is 6. The fraction of sp³-hybridized carbons (Fsp3) is 0.318. The van der Waals surface area contributed by atoms with E-state index in [4.69, 9.17) is 4.74 Å². The molecule has 0 saturated carbocycles. The summed E-state index contributed by atoms with van der Waals surface area (Å²) in [6, 6.07) is 12.4. The quantitative estimate of drug-likeness (QED) is 0.582. The van der Waals surface area contributed by atoms with Crippen molar-refractivity contribution in [2.45, 2.75) is 26.7 Å². The number of ether oxygens (including phenoxy) is 1. The maximum atomic E-state index is 13.0. The smallest absolute Gasteiger partial charge is 0.338 e. The van der Waals surface area contributed by atoms with Gasteiger partial charge in [0.2, 0.25) is 5.91 Å². The second-order valence-corrected chi connectivity index (χ2v) is 6.81. The van der Waals surface area contributed by atoms with Gasteiger partial charge in [-0.25, -0.2) is 4.79 Å². The first-order chi connectivity index (χ1) is 13.0. The Bertz CT molecular complexity index is 888. The molecule has 1 aliphatic heterocycles. The van der Waals surface area contributed by atoms with Gasteiger partial charge in [-0.3, -0.25) is 9.59 Å². The van der Waals surface area contributed by atoms with Crippen LogP contribution in [0.15, 0.2) is 42.5 Å². The van der Waals surface area contributed by atoms with Gasteiger partial charge in [-0.15, -0.1) is 0 Å². The van der Waals surface area contributed by atoms with Gasteiger partial charge in [0, 0.05) is 24.1 Å². The van der Waals surface area contributed by atoms with Crippen molar-refractivity contribution in [3.63, 3.8) is 0 Å². The summed E-state index contributed by atoms with van der Waals surface area (Å²) in [5.41, 5.74) is 3.00. The average Bonchev–Trinajstić information content (AvgIpc) is 3.08.